The number of hydrogen-bond acceptors (Lipinski definition) is 3. The van der Waals surface area contributed by atoms with Crippen LogP contribution in [0.2, 0.25) is 5.02 Å². The number of hydrogen-bond donors (Lipinski definition) is 1. The zero-order valence-corrected chi connectivity index (χ0v) is 15.5. The first-order valence-corrected chi connectivity index (χ1v) is 9.37. The summed E-state index contributed by atoms with van der Waals surface area (Å²) in [5.41, 5.74) is 4.79. The Kier molecular flexibility index (Phi) is 6.35. The highest BCUT2D eigenvalue weighted by Gasteiger charge is 2.22. The molecule has 0 amide bonds. The number of halogens is 1. The molecule has 2 aromatic rings. The van der Waals surface area contributed by atoms with Crippen LogP contribution >= 0.6 is 11.6 Å². The molecule has 0 fully saturated rings. The molecule has 0 saturated carbocycles. The predicted molar refractivity (Wildman–Crippen MR) is 103 cm³/mol. The van der Waals surface area contributed by atoms with Gasteiger partial charge in [0.2, 0.25) is 0 Å². The van der Waals surface area contributed by atoms with Gasteiger partial charge in [0.25, 0.3) is 0 Å². The minimum Gasteiger partial charge on any atom is -0.393 e. The maximum absolute atomic E-state index is 9.58. The van der Waals surface area contributed by atoms with Crippen LogP contribution in [0.3, 0.4) is 0 Å². The summed E-state index contributed by atoms with van der Waals surface area (Å²) in [7, 11) is 0. The van der Waals surface area contributed by atoms with E-state index >= 15 is 0 Å². The van der Waals surface area contributed by atoms with E-state index in [1.807, 2.05) is 31.2 Å². The second kappa shape index (κ2) is 8.70. The molecule has 0 radical (unpaired) electrons. The highest BCUT2D eigenvalue weighted by molar-refractivity contribution is 6.33. The Morgan fingerprint density at radius 3 is 2.76 bits per heavy atom. The van der Waals surface area contributed by atoms with Crippen molar-refractivity contribution in [1.29, 1.82) is 0 Å². The number of nitrogens with zero attached hydrogens (tertiary/aromatic N) is 1. The van der Waals surface area contributed by atoms with Crippen molar-refractivity contribution >= 4 is 17.3 Å². The van der Waals surface area contributed by atoms with Crippen LogP contribution < -0.4 is 4.90 Å². The van der Waals surface area contributed by atoms with Gasteiger partial charge in [-0.3, -0.25) is 0 Å². The van der Waals surface area contributed by atoms with Gasteiger partial charge in [-0.2, -0.15) is 0 Å². The largest absolute Gasteiger partial charge is 0.393 e. The molecule has 1 N–H and O–H groups in total. The Morgan fingerprint density at radius 2 is 2.00 bits per heavy atom. The maximum atomic E-state index is 9.58. The van der Waals surface area contributed by atoms with Crippen molar-refractivity contribution in [2.24, 2.45) is 0 Å². The fourth-order valence-electron chi connectivity index (χ4n) is 3.43. The van der Waals surface area contributed by atoms with Crippen molar-refractivity contribution in [2.75, 3.05) is 24.6 Å². The SMILES string of the molecule is C[C@H](O)Cc1cc(Cl)c2c(c1)CCN2CCCOCc1ccccc1. The average Bonchev–Trinajstić information content (AvgIpc) is 2.98. The number of benzene rings is 2. The Labute approximate surface area is 155 Å². The molecule has 3 rings (SSSR count). The van der Waals surface area contributed by atoms with Crippen LogP contribution in [0.1, 0.15) is 30.0 Å². The lowest BCUT2D eigenvalue weighted by Gasteiger charge is -2.21. The molecule has 134 valence electrons. The Hall–Kier alpha value is -1.55. The van der Waals surface area contributed by atoms with E-state index in [-0.39, 0.29) is 6.10 Å². The predicted octanol–water partition coefficient (Wildman–Crippen LogP) is 4.23. The van der Waals surface area contributed by atoms with E-state index in [1.165, 1.54) is 16.8 Å². The van der Waals surface area contributed by atoms with Crippen molar-refractivity contribution in [3.63, 3.8) is 0 Å². The smallest absolute Gasteiger partial charge is 0.0716 e. The molecule has 0 aliphatic carbocycles. The molecule has 0 bridgehead atoms. The van der Waals surface area contributed by atoms with Crippen molar-refractivity contribution in [3.05, 3.63) is 64.2 Å². The van der Waals surface area contributed by atoms with Gasteiger partial charge in [-0.1, -0.05) is 48.0 Å². The fraction of sp³-hybridized carbons (Fsp3) is 0.429. The Bertz CT molecular complexity index is 688. The van der Waals surface area contributed by atoms with Gasteiger partial charge in [-0.25, -0.2) is 0 Å². The third-order valence-corrected chi connectivity index (χ3v) is 4.82. The standard InChI is InChI=1S/C21H26ClNO2/c1-16(24)12-18-13-19-8-10-23(21(19)20(22)14-18)9-5-11-25-15-17-6-3-2-4-7-17/h2-4,6-7,13-14,16,24H,5,8-12,15H2,1H3/t16-/m0/s1. The van der Waals surface area contributed by atoms with E-state index in [0.29, 0.717) is 13.0 Å². The quantitative estimate of drug-likeness (QED) is 0.716. The Balaban J connectivity index is 1.49. The van der Waals surface area contributed by atoms with Crippen LogP contribution in [-0.2, 0) is 24.2 Å². The molecule has 3 nitrogen and oxygen atoms in total. The fourth-order valence-corrected chi connectivity index (χ4v) is 3.82. The lowest BCUT2D eigenvalue weighted by molar-refractivity contribution is 0.119. The van der Waals surface area contributed by atoms with Crippen LogP contribution in [0.4, 0.5) is 5.69 Å². The minimum atomic E-state index is -0.339. The molecule has 4 heteroatoms. The van der Waals surface area contributed by atoms with Crippen molar-refractivity contribution in [3.8, 4) is 0 Å². The van der Waals surface area contributed by atoms with E-state index in [9.17, 15) is 5.11 Å². The molecule has 0 saturated heterocycles. The average molecular weight is 360 g/mol. The van der Waals surface area contributed by atoms with E-state index in [2.05, 4.69) is 23.1 Å². The molecule has 0 aromatic heterocycles. The summed E-state index contributed by atoms with van der Waals surface area (Å²) in [5.74, 6) is 0. The zero-order valence-electron chi connectivity index (χ0n) is 14.7. The lowest BCUT2D eigenvalue weighted by Crippen LogP contribution is -2.23. The topological polar surface area (TPSA) is 32.7 Å². The molecule has 0 spiro atoms. The van der Waals surface area contributed by atoms with Crippen molar-refractivity contribution in [1.82, 2.24) is 0 Å². The van der Waals surface area contributed by atoms with Crippen LogP contribution in [0.15, 0.2) is 42.5 Å². The first-order chi connectivity index (χ1) is 12.1. The normalized spacial score (nSPS) is 14.6. The van der Waals surface area contributed by atoms with Gasteiger partial charge in [-0.15, -0.1) is 0 Å². The van der Waals surface area contributed by atoms with Gasteiger partial charge < -0.3 is 14.7 Å². The maximum Gasteiger partial charge on any atom is 0.0716 e. The second-order valence-corrected chi connectivity index (χ2v) is 7.17. The third kappa shape index (κ3) is 4.97. The number of ether oxygens (including phenoxy) is 1. The van der Waals surface area contributed by atoms with Crippen LogP contribution in [0.25, 0.3) is 0 Å². The van der Waals surface area contributed by atoms with Crippen LogP contribution in [-0.4, -0.2) is 30.9 Å². The molecular formula is C21H26ClNO2. The molecule has 2 aromatic carbocycles. The molecule has 1 aliphatic heterocycles. The van der Waals surface area contributed by atoms with E-state index in [4.69, 9.17) is 16.3 Å². The molecule has 25 heavy (non-hydrogen) atoms. The molecule has 1 aliphatic rings. The monoisotopic (exact) mass is 359 g/mol. The molecule has 1 atom stereocenters. The van der Waals surface area contributed by atoms with Gasteiger partial charge >= 0.3 is 0 Å². The van der Waals surface area contributed by atoms with E-state index < -0.39 is 0 Å². The second-order valence-electron chi connectivity index (χ2n) is 6.77. The number of anilines is 1. The van der Waals surface area contributed by atoms with Gasteiger partial charge in [0.15, 0.2) is 0 Å². The zero-order chi connectivity index (χ0) is 17.6. The summed E-state index contributed by atoms with van der Waals surface area (Å²) >= 11 is 6.52. The first kappa shape index (κ1) is 18.2. The number of aliphatic hydroxyl groups is 1. The number of rotatable bonds is 8. The summed E-state index contributed by atoms with van der Waals surface area (Å²) < 4.78 is 5.77. The Morgan fingerprint density at radius 1 is 1.20 bits per heavy atom. The van der Waals surface area contributed by atoms with Gasteiger partial charge in [0.1, 0.15) is 0 Å². The number of aliphatic hydroxyl groups excluding tert-OH is 1. The van der Waals surface area contributed by atoms with Crippen LogP contribution in [0, 0.1) is 0 Å². The highest BCUT2D eigenvalue weighted by Crippen LogP contribution is 2.36. The third-order valence-electron chi connectivity index (χ3n) is 4.53. The van der Waals surface area contributed by atoms with Crippen molar-refractivity contribution in [2.45, 2.75) is 38.9 Å². The summed E-state index contributed by atoms with van der Waals surface area (Å²) in [6.45, 7) is 5.19. The van der Waals surface area contributed by atoms with E-state index in [1.54, 1.807) is 0 Å². The molecule has 1 heterocycles. The van der Waals surface area contributed by atoms with E-state index in [0.717, 1.165) is 43.1 Å². The van der Waals surface area contributed by atoms with Crippen LogP contribution in [0.5, 0.6) is 0 Å². The summed E-state index contributed by atoms with van der Waals surface area (Å²) in [5, 5.41) is 10.4. The summed E-state index contributed by atoms with van der Waals surface area (Å²) in [6, 6.07) is 14.5. The lowest BCUT2D eigenvalue weighted by atomic mass is 10.0. The molecule has 0 unspecified atom stereocenters. The summed E-state index contributed by atoms with van der Waals surface area (Å²) in [6.07, 6.45) is 2.32. The van der Waals surface area contributed by atoms with Gasteiger partial charge in [-0.05, 0) is 48.9 Å². The molecular weight excluding hydrogens is 334 g/mol. The summed E-state index contributed by atoms with van der Waals surface area (Å²) in [4.78, 5) is 2.36. The van der Waals surface area contributed by atoms with Gasteiger partial charge in [0, 0.05) is 19.7 Å². The highest BCUT2D eigenvalue weighted by atomic mass is 35.5. The minimum absolute atomic E-state index is 0.339. The van der Waals surface area contributed by atoms with Crippen molar-refractivity contribution < 1.29 is 9.84 Å². The number of fused-ring (bicyclic) bond motifs is 1. The van der Waals surface area contributed by atoms with Gasteiger partial charge in [0.05, 0.1) is 23.4 Å². The first-order valence-electron chi connectivity index (χ1n) is 8.99.